The minimum Gasteiger partial charge on any atom is -0.368 e. The van der Waals surface area contributed by atoms with Crippen LogP contribution in [0.15, 0.2) is 0 Å². The quantitative estimate of drug-likeness (QED) is 0.696. The highest BCUT2D eigenvalue weighted by molar-refractivity contribution is 7.99. The third kappa shape index (κ3) is 2.42. The summed E-state index contributed by atoms with van der Waals surface area (Å²) < 4.78 is 0. The van der Waals surface area contributed by atoms with E-state index in [2.05, 4.69) is 19.2 Å². The molecule has 0 heterocycles. The summed E-state index contributed by atoms with van der Waals surface area (Å²) in [6.45, 7) is 4.28. The van der Waals surface area contributed by atoms with Gasteiger partial charge in [-0.25, -0.2) is 0 Å². The van der Waals surface area contributed by atoms with Crippen molar-refractivity contribution in [1.29, 1.82) is 0 Å². The molecule has 0 bridgehead atoms. The summed E-state index contributed by atoms with van der Waals surface area (Å²) in [5, 5.41) is 3.68. The molecule has 0 saturated heterocycles. The molecule has 1 atom stereocenters. The van der Waals surface area contributed by atoms with Crippen molar-refractivity contribution in [3.8, 4) is 0 Å². The lowest BCUT2D eigenvalue weighted by Crippen LogP contribution is -2.58. The van der Waals surface area contributed by atoms with Crippen LogP contribution in [0.4, 0.5) is 0 Å². The Bertz CT molecular complexity index is 216. The van der Waals surface area contributed by atoms with Gasteiger partial charge in [0, 0.05) is 5.75 Å². The van der Waals surface area contributed by atoms with Crippen LogP contribution in [0, 0.1) is 5.92 Å². The van der Waals surface area contributed by atoms with E-state index in [1.807, 2.05) is 7.05 Å². The molecule has 3 nitrogen and oxygen atoms in total. The van der Waals surface area contributed by atoms with Crippen molar-refractivity contribution < 1.29 is 4.79 Å². The van der Waals surface area contributed by atoms with E-state index in [9.17, 15) is 4.79 Å². The van der Waals surface area contributed by atoms with Gasteiger partial charge in [-0.05, 0) is 31.1 Å². The van der Waals surface area contributed by atoms with Gasteiger partial charge >= 0.3 is 0 Å². The number of nitrogens with one attached hydrogen (secondary N) is 1. The molecule has 1 aliphatic carbocycles. The third-order valence-electron chi connectivity index (χ3n) is 2.80. The van der Waals surface area contributed by atoms with Crippen LogP contribution in [0.1, 0.15) is 26.7 Å². The standard InChI is InChI=1S/C10H20N2OS/c1-7(2)14-6-10(12-3,9(11)13)8-4-5-8/h7-8,12H,4-6H2,1-3H3,(H2,11,13). The topological polar surface area (TPSA) is 55.1 Å². The fourth-order valence-corrected chi connectivity index (χ4v) is 2.78. The lowest BCUT2D eigenvalue weighted by Gasteiger charge is -2.30. The van der Waals surface area contributed by atoms with Gasteiger partial charge in [0.05, 0.1) is 0 Å². The van der Waals surface area contributed by atoms with Crippen molar-refractivity contribution in [2.24, 2.45) is 11.7 Å². The second-order valence-corrected chi connectivity index (χ2v) is 5.78. The lowest BCUT2D eigenvalue weighted by atomic mass is 9.95. The second kappa shape index (κ2) is 4.53. The lowest BCUT2D eigenvalue weighted by molar-refractivity contribution is -0.124. The molecule has 3 N–H and O–H groups in total. The van der Waals surface area contributed by atoms with Gasteiger partial charge < -0.3 is 11.1 Å². The zero-order valence-corrected chi connectivity index (χ0v) is 9.99. The first kappa shape index (κ1) is 11.9. The van der Waals surface area contributed by atoms with E-state index in [0.717, 1.165) is 18.6 Å². The third-order valence-corrected chi connectivity index (χ3v) is 4.09. The maximum atomic E-state index is 11.5. The van der Waals surface area contributed by atoms with E-state index in [1.165, 1.54) is 0 Å². The SMILES string of the molecule is CNC(CSC(C)C)(C(N)=O)C1CC1. The Hall–Kier alpha value is -0.220. The summed E-state index contributed by atoms with van der Waals surface area (Å²) in [6, 6.07) is 0. The molecule has 1 saturated carbocycles. The molecule has 0 aliphatic heterocycles. The largest absolute Gasteiger partial charge is 0.368 e. The summed E-state index contributed by atoms with van der Waals surface area (Å²) in [6.07, 6.45) is 2.25. The van der Waals surface area contributed by atoms with Crippen LogP contribution < -0.4 is 11.1 Å². The number of carbonyl (C=O) groups excluding carboxylic acids is 1. The first-order chi connectivity index (χ1) is 6.53. The van der Waals surface area contributed by atoms with Gasteiger partial charge in [-0.15, -0.1) is 0 Å². The summed E-state index contributed by atoms with van der Waals surface area (Å²) in [4.78, 5) is 11.5. The monoisotopic (exact) mass is 216 g/mol. The fourth-order valence-electron chi connectivity index (χ4n) is 1.66. The molecule has 1 amide bonds. The molecule has 1 aliphatic rings. The van der Waals surface area contributed by atoms with Crippen LogP contribution >= 0.6 is 11.8 Å². The van der Waals surface area contributed by atoms with Gasteiger partial charge in [0.15, 0.2) is 0 Å². The van der Waals surface area contributed by atoms with Gasteiger partial charge in [0.1, 0.15) is 5.54 Å². The van der Waals surface area contributed by atoms with Gasteiger partial charge in [0.2, 0.25) is 5.91 Å². The highest BCUT2D eigenvalue weighted by Gasteiger charge is 2.48. The molecule has 1 rings (SSSR count). The molecule has 0 spiro atoms. The zero-order valence-electron chi connectivity index (χ0n) is 9.17. The Morgan fingerprint density at radius 3 is 2.50 bits per heavy atom. The molecule has 0 aromatic rings. The number of carbonyl (C=O) groups is 1. The molecular weight excluding hydrogens is 196 g/mol. The Morgan fingerprint density at radius 1 is 1.64 bits per heavy atom. The first-order valence-corrected chi connectivity index (χ1v) is 6.18. The van der Waals surface area contributed by atoms with Crippen LogP contribution in [0.3, 0.4) is 0 Å². The molecule has 0 radical (unpaired) electrons. The minimum atomic E-state index is -0.463. The van der Waals surface area contributed by atoms with E-state index < -0.39 is 5.54 Å². The average molecular weight is 216 g/mol. The Labute approximate surface area is 90.2 Å². The Morgan fingerprint density at radius 2 is 2.21 bits per heavy atom. The predicted octanol–water partition coefficient (Wildman–Crippen LogP) is 0.981. The van der Waals surface area contributed by atoms with Crippen LogP contribution in [-0.4, -0.2) is 29.5 Å². The number of hydrogen-bond acceptors (Lipinski definition) is 3. The second-order valence-electron chi connectivity index (χ2n) is 4.22. The molecule has 82 valence electrons. The van der Waals surface area contributed by atoms with Crippen molar-refractivity contribution in [2.75, 3.05) is 12.8 Å². The predicted molar refractivity (Wildman–Crippen MR) is 61.3 cm³/mol. The van der Waals surface area contributed by atoms with Crippen molar-refractivity contribution >= 4 is 17.7 Å². The molecule has 0 aromatic carbocycles. The minimum absolute atomic E-state index is 0.198. The Balaban J connectivity index is 2.63. The van der Waals surface area contributed by atoms with Crippen molar-refractivity contribution in [3.63, 3.8) is 0 Å². The van der Waals surface area contributed by atoms with Crippen LogP contribution in [0.2, 0.25) is 0 Å². The zero-order chi connectivity index (χ0) is 10.8. The molecule has 1 unspecified atom stereocenters. The van der Waals surface area contributed by atoms with Crippen LogP contribution in [0.25, 0.3) is 0 Å². The summed E-state index contributed by atoms with van der Waals surface area (Å²) in [5.41, 5.74) is 5.03. The van der Waals surface area contributed by atoms with E-state index in [1.54, 1.807) is 11.8 Å². The molecular formula is C10H20N2OS. The first-order valence-electron chi connectivity index (χ1n) is 5.13. The van der Waals surface area contributed by atoms with Gasteiger partial charge in [-0.2, -0.15) is 11.8 Å². The van der Waals surface area contributed by atoms with Crippen molar-refractivity contribution in [1.82, 2.24) is 5.32 Å². The van der Waals surface area contributed by atoms with Gasteiger partial charge in [0.25, 0.3) is 0 Å². The highest BCUT2D eigenvalue weighted by Crippen LogP contribution is 2.41. The van der Waals surface area contributed by atoms with Gasteiger partial charge in [-0.1, -0.05) is 13.8 Å². The summed E-state index contributed by atoms with van der Waals surface area (Å²) >= 11 is 1.80. The molecule has 4 heteroatoms. The number of likely N-dealkylation sites (N-methyl/N-ethyl adjacent to an activating group) is 1. The number of amides is 1. The van der Waals surface area contributed by atoms with Crippen LogP contribution in [-0.2, 0) is 4.79 Å². The molecule has 14 heavy (non-hydrogen) atoms. The van der Waals surface area contributed by atoms with Crippen molar-refractivity contribution in [3.05, 3.63) is 0 Å². The van der Waals surface area contributed by atoms with E-state index in [-0.39, 0.29) is 5.91 Å². The van der Waals surface area contributed by atoms with Gasteiger partial charge in [-0.3, -0.25) is 4.79 Å². The van der Waals surface area contributed by atoms with E-state index in [0.29, 0.717) is 11.2 Å². The number of hydrogen-bond donors (Lipinski definition) is 2. The number of primary amides is 1. The molecule has 0 aromatic heterocycles. The summed E-state index contributed by atoms with van der Waals surface area (Å²) in [7, 11) is 1.84. The number of thioether (sulfide) groups is 1. The average Bonchev–Trinajstić information content (AvgIpc) is 2.89. The fraction of sp³-hybridized carbons (Fsp3) is 0.900. The number of rotatable bonds is 6. The van der Waals surface area contributed by atoms with E-state index >= 15 is 0 Å². The maximum absolute atomic E-state index is 11.5. The highest BCUT2D eigenvalue weighted by atomic mass is 32.2. The maximum Gasteiger partial charge on any atom is 0.238 e. The number of nitrogens with two attached hydrogens (primary N) is 1. The normalized spacial score (nSPS) is 20.9. The van der Waals surface area contributed by atoms with Crippen LogP contribution in [0.5, 0.6) is 0 Å². The smallest absolute Gasteiger partial charge is 0.238 e. The van der Waals surface area contributed by atoms with Crippen molar-refractivity contribution in [2.45, 2.75) is 37.5 Å². The molecule has 1 fully saturated rings. The Kier molecular flexibility index (Phi) is 3.84. The summed E-state index contributed by atoms with van der Waals surface area (Å²) in [5.74, 6) is 1.05. The van der Waals surface area contributed by atoms with E-state index in [4.69, 9.17) is 5.73 Å².